The smallest absolute Gasteiger partial charge is 0.157 e. The fourth-order valence-electron chi connectivity index (χ4n) is 2.28. The van der Waals surface area contributed by atoms with Crippen molar-refractivity contribution in [3.8, 4) is 0 Å². The minimum atomic E-state index is 0.523. The van der Waals surface area contributed by atoms with Gasteiger partial charge in [0.2, 0.25) is 0 Å². The highest BCUT2D eigenvalue weighted by atomic mass is 15.3. The predicted molar refractivity (Wildman–Crippen MR) is 62.2 cm³/mol. The van der Waals surface area contributed by atoms with Crippen molar-refractivity contribution in [2.75, 3.05) is 18.8 Å². The first kappa shape index (κ1) is 9.59. The van der Waals surface area contributed by atoms with Crippen molar-refractivity contribution in [3.63, 3.8) is 0 Å². The molecule has 0 unspecified atom stereocenters. The molecule has 5 nitrogen and oxygen atoms in total. The number of nitrogens with zero attached hydrogens (tertiary/aromatic N) is 3. The number of hydrogen-bond donors (Lipinski definition) is 2. The van der Waals surface area contributed by atoms with Crippen molar-refractivity contribution in [1.82, 2.24) is 19.9 Å². The highest BCUT2D eigenvalue weighted by Gasteiger charge is 2.16. The second kappa shape index (κ2) is 3.75. The molecule has 1 aliphatic heterocycles. The number of nitrogens with two attached hydrogens (primary N) is 1. The average Bonchev–Trinajstić information content (AvgIpc) is 2.69. The second-order valence-corrected chi connectivity index (χ2v) is 4.28. The van der Waals surface area contributed by atoms with Crippen LogP contribution in [-0.2, 0) is 0 Å². The van der Waals surface area contributed by atoms with Crippen LogP contribution in [-0.4, -0.2) is 27.7 Å². The van der Waals surface area contributed by atoms with Gasteiger partial charge in [-0.1, -0.05) is 0 Å². The number of rotatable bonds is 1. The maximum atomic E-state index is 5.64. The highest BCUT2D eigenvalue weighted by Crippen LogP contribution is 2.24. The lowest BCUT2D eigenvalue weighted by Gasteiger charge is -2.22. The summed E-state index contributed by atoms with van der Waals surface area (Å²) in [5.74, 6) is 1.12. The topological polar surface area (TPSA) is 68.2 Å². The minimum absolute atomic E-state index is 0.523. The number of anilines is 1. The lowest BCUT2D eigenvalue weighted by Crippen LogP contribution is -2.26. The van der Waals surface area contributed by atoms with Crippen LogP contribution in [0.3, 0.4) is 0 Å². The molecule has 0 saturated carbocycles. The summed E-state index contributed by atoms with van der Waals surface area (Å²) in [5, 5.41) is 7.55. The van der Waals surface area contributed by atoms with Crippen molar-refractivity contribution in [2.45, 2.75) is 18.8 Å². The molecule has 0 aromatic carbocycles. The van der Waals surface area contributed by atoms with Gasteiger partial charge in [0.1, 0.15) is 5.82 Å². The number of hydrogen-bond acceptors (Lipinski definition) is 4. The molecule has 0 amide bonds. The summed E-state index contributed by atoms with van der Waals surface area (Å²) in [6.45, 7) is 2.17. The summed E-state index contributed by atoms with van der Waals surface area (Å²) in [5.41, 5.74) is 7.71. The minimum Gasteiger partial charge on any atom is -0.382 e. The van der Waals surface area contributed by atoms with Crippen molar-refractivity contribution in [1.29, 1.82) is 0 Å². The summed E-state index contributed by atoms with van der Waals surface area (Å²) < 4.78 is 1.77. The molecular formula is C11H15N5. The van der Waals surface area contributed by atoms with E-state index in [4.69, 9.17) is 5.73 Å². The summed E-state index contributed by atoms with van der Waals surface area (Å²) in [7, 11) is 0. The molecule has 3 N–H and O–H groups in total. The van der Waals surface area contributed by atoms with E-state index in [-0.39, 0.29) is 0 Å². The SMILES string of the molecule is Nc1cc2ncc(C3CCNCC3)cn2n1. The van der Waals surface area contributed by atoms with Gasteiger partial charge in [0.15, 0.2) is 5.65 Å². The van der Waals surface area contributed by atoms with Crippen molar-refractivity contribution in [2.24, 2.45) is 0 Å². The van der Waals surface area contributed by atoms with Crippen LogP contribution in [0, 0.1) is 0 Å². The lowest BCUT2D eigenvalue weighted by molar-refractivity contribution is 0.458. The fourth-order valence-corrected chi connectivity index (χ4v) is 2.28. The Morgan fingerprint density at radius 1 is 1.38 bits per heavy atom. The van der Waals surface area contributed by atoms with E-state index in [1.807, 2.05) is 6.20 Å². The van der Waals surface area contributed by atoms with Crippen LogP contribution < -0.4 is 11.1 Å². The highest BCUT2D eigenvalue weighted by molar-refractivity contribution is 5.47. The first-order chi connectivity index (χ1) is 7.83. The molecule has 0 radical (unpaired) electrons. The maximum Gasteiger partial charge on any atom is 0.157 e. The van der Waals surface area contributed by atoms with Crippen molar-refractivity contribution < 1.29 is 0 Å². The third kappa shape index (κ3) is 1.63. The maximum absolute atomic E-state index is 5.64. The van der Waals surface area contributed by atoms with Crippen LogP contribution in [0.25, 0.3) is 5.65 Å². The number of nitrogens with one attached hydrogen (secondary N) is 1. The van der Waals surface area contributed by atoms with E-state index in [1.165, 1.54) is 18.4 Å². The Kier molecular flexibility index (Phi) is 2.25. The Labute approximate surface area is 93.7 Å². The molecule has 0 bridgehead atoms. The third-order valence-corrected chi connectivity index (χ3v) is 3.16. The number of fused-ring (bicyclic) bond motifs is 1. The van der Waals surface area contributed by atoms with E-state index < -0.39 is 0 Å². The van der Waals surface area contributed by atoms with Crippen LogP contribution >= 0.6 is 0 Å². The average molecular weight is 217 g/mol. The molecule has 3 rings (SSSR count). The fraction of sp³-hybridized carbons (Fsp3) is 0.455. The number of piperidine rings is 1. The van der Waals surface area contributed by atoms with Gasteiger partial charge >= 0.3 is 0 Å². The molecule has 0 spiro atoms. The van der Waals surface area contributed by atoms with Crippen LogP contribution in [0.2, 0.25) is 0 Å². The van der Waals surface area contributed by atoms with E-state index >= 15 is 0 Å². The summed E-state index contributed by atoms with van der Waals surface area (Å²) in [4.78, 5) is 4.38. The van der Waals surface area contributed by atoms with Gasteiger partial charge in [0.05, 0.1) is 0 Å². The molecule has 0 aliphatic carbocycles. The van der Waals surface area contributed by atoms with Gasteiger partial charge in [-0.05, 0) is 37.4 Å². The quantitative estimate of drug-likeness (QED) is 0.740. The second-order valence-electron chi connectivity index (χ2n) is 4.28. The first-order valence-corrected chi connectivity index (χ1v) is 5.64. The van der Waals surface area contributed by atoms with Gasteiger partial charge in [-0.3, -0.25) is 0 Å². The van der Waals surface area contributed by atoms with Crippen LogP contribution in [0.15, 0.2) is 18.5 Å². The molecule has 16 heavy (non-hydrogen) atoms. The molecule has 2 aromatic heterocycles. The van der Waals surface area contributed by atoms with E-state index in [0.29, 0.717) is 11.7 Å². The van der Waals surface area contributed by atoms with Gasteiger partial charge in [-0.25, -0.2) is 9.50 Å². The number of aromatic nitrogens is 3. The Bertz CT molecular complexity index is 498. The van der Waals surface area contributed by atoms with Crippen LogP contribution in [0.4, 0.5) is 5.82 Å². The molecule has 84 valence electrons. The third-order valence-electron chi connectivity index (χ3n) is 3.16. The van der Waals surface area contributed by atoms with E-state index in [9.17, 15) is 0 Å². The Balaban J connectivity index is 1.97. The van der Waals surface area contributed by atoms with Crippen molar-refractivity contribution in [3.05, 3.63) is 24.0 Å². The van der Waals surface area contributed by atoms with E-state index in [1.54, 1.807) is 10.6 Å². The zero-order valence-electron chi connectivity index (χ0n) is 9.06. The van der Waals surface area contributed by atoms with E-state index in [2.05, 4.69) is 21.6 Å². The monoisotopic (exact) mass is 217 g/mol. The molecule has 0 atom stereocenters. The molecule has 1 saturated heterocycles. The molecule has 5 heteroatoms. The van der Waals surface area contributed by atoms with E-state index in [0.717, 1.165) is 18.7 Å². The molecule has 3 heterocycles. The zero-order valence-corrected chi connectivity index (χ0v) is 9.06. The van der Waals surface area contributed by atoms with Gasteiger partial charge in [-0.2, -0.15) is 0 Å². The first-order valence-electron chi connectivity index (χ1n) is 5.64. The Hall–Kier alpha value is -1.62. The molecule has 2 aromatic rings. The molecule has 1 aliphatic rings. The van der Waals surface area contributed by atoms with Gasteiger partial charge < -0.3 is 11.1 Å². The summed E-state index contributed by atoms with van der Waals surface area (Å²) in [6, 6.07) is 1.78. The molecular weight excluding hydrogens is 202 g/mol. The van der Waals surface area contributed by atoms with Crippen molar-refractivity contribution >= 4 is 11.5 Å². The van der Waals surface area contributed by atoms with Crippen LogP contribution in [0.1, 0.15) is 24.3 Å². The Morgan fingerprint density at radius 3 is 3.00 bits per heavy atom. The van der Waals surface area contributed by atoms with Gasteiger partial charge in [-0.15, -0.1) is 5.10 Å². The van der Waals surface area contributed by atoms with Crippen LogP contribution in [0.5, 0.6) is 0 Å². The van der Waals surface area contributed by atoms with Gasteiger partial charge in [0, 0.05) is 18.5 Å². The normalized spacial score (nSPS) is 18.0. The predicted octanol–water partition coefficient (Wildman–Crippen LogP) is 0.778. The Morgan fingerprint density at radius 2 is 2.19 bits per heavy atom. The number of nitrogen functional groups attached to an aromatic ring is 1. The summed E-state index contributed by atoms with van der Waals surface area (Å²) in [6.07, 6.45) is 6.34. The molecule has 1 fully saturated rings. The lowest BCUT2D eigenvalue weighted by atomic mass is 9.92. The summed E-state index contributed by atoms with van der Waals surface area (Å²) >= 11 is 0. The van der Waals surface area contributed by atoms with Gasteiger partial charge in [0.25, 0.3) is 0 Å². The standard InChI is InChI=1S/C11H15N5/c12-10-5-11-14-6-9(7-16(11)15-10)8-1-3-13-4-2-8/h5-8,13H,1-4H2,(H2,12,15). The zero-order chi connectivity index (χ0) is 11.0. The largest absolute Gasteiger partial charge is 0.382 e.